The van der Waals surface area contributed by atoms with Gasteiger partial charge in [0.15, 0.2) is 11.5 Å². The first-order valence-electron chi connectivity index (χ1n) is 9.22. The summed E-state index contributed by atoms with van der Waals surface area (Å²) in [6.45, 7) is 3.41. The molecular weight excluding hydrogens is 316 g/mol. The Balaban J connectivity index is 1.55. The van der Waals surface area contributed by atoms with E-state index in [0.29, 0.717) is 12.2 Å². The molecular formula is C18H24N6O. The van der Waals surface area contributed by atoms with Gasteiger partial charge in [-0.3, -0.25) is 4.79 Å². The molecule has 1 unspecified atom stereocenters. The number of carbonyl (C=O) groups excluding carboxylic acids is 1. The van der Waals surface area contributed by atoms with Gasteiger partial charge in [0, 0.05) is 18.8 Å². The average molecular weight is 340 g/mol. The highest BCUT2D eigenvalue weighted by Gasteiger charge is 2.31. The first-order valence-corrected chi connectivity index (χ1v) is 9.22. The van der Waals surface area contributed by atoms with Crippen LogP contribution in [0.3, 0.4) is 0 Å². The minimum atomic E-state index is -0.182. The van der Waals surface area contributed by atoms with Gasteiger partial charge in [0.2, 0.25) is 0 Å². The largest absolute Gasteiger partial charge is 0.351 e. The van der Waals surface area contributed by atoms with Gasteiger partial charge >= 0.3 is 0 Å². The number of nitrogens with zero attached hydrogens (tertiary/aromatic N) is 4. The lowest BCUT2D eigenvalue weighted by Gasteiger charge is -2.23. The second-order valence-corrected chi connectivity index (χ2v) is 6.74. The zero-order chi connectivity index (χ0) is 17.2. The number of imidazole rings is 1. The van der Waals surface area contributed by atoms with Crippen LogP contribution in [0.1, 0.15) is 66.3 Å². The van der Waals surface area contributed by atoms with Crippen LogP contribution >= 0.6 is 0 Å². The Morgan fingerprint density at radius 1 is 1.28 bits per heavy atom. The van der Waals surface area contributed by atoms with Crippen LogP contribution in [0.15, 0.2) is 12.1 Å². The Kier molecular flexibility index (Phi) is 4.38. The van der Waals surface area contributed by atoms with Gasteiger partial charge in [0.25, 0.3) is 5.91 Å². The maximum Gasteiger partial charge on any atom is 0.271 e. The molecule has 0 saturated carbocycles. The molecule has 0 spiro atoms. The van der Waals surface area contributed by atoms with Crippen LogP contribution in [0.25, 0.3) is 0 Å². The van der Waals surface area contributed by atoms with E-state index >= 15 is 0 Å². The van der Waals surface area contributed by atoms with E-state index in [1.165, 1.54) is 24.2 Å². The van der Waals surface area contributed by atoms with E-state index < -0.39 is 0 Å². The highest BCUT2D eigenvalue weighted by Crippen LogP contribution is 2.34. The van der Waals surface area contributed by atoms with E-state index in [1.54, 1.807) is 6.07 Å². The van der Waals surface area contributed by atoms with Crippen molar-refractivity contribution in [1.82, 2.24) is 25.5 Å². The third-order valence-electron chi connectivity index (χ3n) is 5.06. The summed E-state index contributed by atoms with van der Waals surface area (Å²) in [4.78, 5) is 22.5. The second-order valence-electron chi connectivity index (χ2n) is 6.74. The first-order chi connectivity index (χ1) is 12.3. The van der Waals surface area contributed by atoms with Crippen LogP contribution in [0.4, 0.5) is 5.82 Å². The van der Waals surface area contributed by atoms with Gasteiger partial charge in [-0.05, 0) is 57.6 Å². The van der Waals surface area contributed by atoms with E-state index in [1.807, 2.05) is 13.0 Å². The van der Waals surface area contributed by atoms with E-state index in [2.05, 4.69) is 25.4 Å². The molecule has 1 atom stereocenters. The Morgan fingerprint density at radius 3 is 2.92 bits per heavy atom. The number of H-pyrrole nitrogens is 1. The van der Waals surface area contributed by atoms with Crippen molar-refractivity contribution in [1.29, 1.82) is 0 Å². The number of amides is 1. The minimum absolute atomic E-state index is 0.182. The summed E-state index contributed by atoms with van der Waals surface area (Å²) in [6.07, 6.45) is 6.84. The molecule has 3 heterocycles. The molecule has 0 radical (unpaired) electrons. The topological polar surface area (TPSA) is 86.8 Å². The van der Waals surface area contributed by atoms with Gasteiger partial charge in [-0.25, -0.2) is 4.98 Å². The molecule has 0 aromatic carbocycles. The van der Waals surface area contributed by atoms with Crippen molar-refractivity contribution in [3.8, 4) is 0 Å². The third kappa shape index (κ3) is 3.10. The maximum absolute atomic E-state index is 11.8. The summed E-state index contributed by atoms with van der Waals surface area (Å²) in [5.41, 5.74) is 2.91. The Bertz CT molecular complexity index is 730. The van der Waals surface area contributed by atoms with E-state index in [0.717, 1.165) is 43.9 Å². The van der Waals surface area contributed by atoms with Crippen molar-refractivity contribution in [3.63, 3.8) is 0 Å². The number of fused-ring (bicyclic) bond motifs is 1. The molecule has 0 bridgehead atoms. The predicted molar refractivity (Wildman–Crippen MR) is 94.6 cm³/mol. The summed E-state index contributed by atoms with van der Waals surface area (Å²) in [6, 6.07) is 3.85. The number of nitrogens with one attached hydrogen (secondary N) is 2. The van der Waals surface area contributed by atoms with E-state index in [-0.39, 0.29) is 11.9 Å². The van der Waals surface area contributed by atoms with Gasteiger partial charge in [-0.2, -0.15) is 0 Å². The normalized spacial score (nSPS) is 19.7. The lowest BCUT2D eigenvalue weighted by Crippen LogP contribution is -2.27. The summed E-state index contributed by atoms with van der Waals surface area (Å²) in [5.74, 6) is 1.68. The molecule has 1 aliphatic carbocycles. The fraction of sp³-hybridized carbons (Fsp3) is 0.556. The third-order valence-corrected chi connectivity index (χ3v) is 5.06. The van der Waals surface area contributed by atoms with E-state index in [4.69, 9.17) is 4.98 Å². The van der Waals surface area contributed by atoms with Crippen molar-refractivity contribution in [2.75, 3.05) is 18.0 Å². The number of carbonyl (C=O) groups is 1. The Labute approximate surface area is 147 Å². The molecule has 4 rings (SSSR count). The van der Waals surface area contributed by atoms with Crippen LogP contribution in [-0.2, 0) is 12.8 Å². The fourth-order valence-electron chi connectivity index (χ4n) is 3.81. The summed E-state index contributed by atoms with van der Waals surface area (Å²) >= 11 is 0. The SMILES string of the molecule is CCNC(=O)c1ccc(N2CCCC2c2nc3c([nH]2)CCCC3)nn1. The number of aryl methyl sites for hydroxylation is 2. The van der Waals surface area contributed by atoms with Crippen LogP contribution in [0, 0.1) is 0 Å². The Hall–Kier alpha value is -2.44. The van der Waals surface area contributed by atoms with Crippen LogP contribution in [-0.4, -0.2) is 39.2 Å². The van der Waals surface area contributed by atoms with Gasteiger partial charge < -0.3 is 15.2 Å². The quantitative estimate of drug-likeness (QED) is 0.891. The monoisotopic (exact) mass is 340 g/mol. The Morgan fingerprint density at radius 2 is 2.16 bits per heavy atom. The molecule has 2 aromatic heterocycles. The van der Waals surface area contributed by atoms with Crippen molar-refractivity contribution in [2.24, 2.45) is 0 Å². The molecule has 7 heteroatoms. The number of hydrogen-bond acceptors (Lipinski definition) is 5. The smallest absolute Gasteiger partial charge is 0.271 e. The summed E-state index contributed by atoms with van der Waals surface area (Å²) < 4.78 is 0. The predicted octanol–water partition coefficient (Wildman–Crippen LogP) is 2.17. The standard InChI is InChI=1S/C18H24N6O/c1-2-19-18(25)14-9-10-16(23-22-14)24-11-5-8-15(24)17-20-12-6-3-4-7-13(12)21-17/h9-10,15H,2-8,11H2,1H3,(H,19,25)(H,20,21). The molecule has 2 aromatic rings. The van der Waals surface area contributed by atoms with E-state index in [9.17, 15) is 4.79 Å². The van der Waals surface area contributed by atoms with Gasteiger partial charge in [-0.1, -0.05) is 0 Å². The van der Waals surface area contributed by atoms with Crippen molar-refractivity contribution < 1.29 is 4.79 Å². The van der Waals surface area contributed by atoms with Crippen molar-refractivity contribution in [2.45, 2.75) is 51.5 Å². The summed E-state index contributed by atoms with van der Waals surface area (Å²) in [7, 11) is 0. The zero-order valence-corrected chi connectivity index (χ0v) is 14.6. The van der Waals surface area contributed by atoms with Crippen LogP contribution in [0.2, 0.25) is 0 Å². The number of aromatic amines is 1. The molecule has 7 nitrogen and oxygen atoms in total. The zero-order valence-electron chi connectivity index (χ0n) is 14.6. The number of rotatable bonds is 4. The molecule has 1 saturated heterocycles. The fourth-order valence-corrected chi connectivity index (χ4v) is 3.81. The number of anilines is 1. The van der Waals surface area contributed by atoms with Crippen LogP contribution in [0.5, 0.6) is 0 Å². The molecule has 132 valence electrons. The summed E-state index contributed by atoms with van der Waals surface area (Å²) in [5, 5.41) is 11.1. The molecule has 2 N–H and O–H groups in total. The van der Waals surface area contributed by atoms with Gasteiger partial charge in [0.05, 0.1) is 11.7 Å². The highest BCUT2D eigenvalue weighted by atomic mass is 16.1. The lowest BCUT2D eigenvalue weighted by atomic mass is 10.0. The second kappa shape index (κ2) is 6.82. The average Bonchev–Trinajstić information content (AvgIpc) is 3.28. The molecule has 1 fully saturated rings. The first kappa shape index (κ1) is 16.1. The molecule has 1 aliphatic heterocycles. The minimum Gasteiger partial charge on any atom is -0.351 e. The molecule has 2 aliphatic rings. The van der Waals surface area contributed by atoms with Gasteiger partial charge in [-0.15, -0.1) is 10.2 Å². The molecule has 1 amide bonds. The van der Waals surface area contributed by atoms with Crippen LogP contribution < -0.4 is 10.2 Å². The van der Waals surface area contributed by atoms with Crippen molar-refractivity contribution >= 4 is 11.7 Å². The lowest BCUT2D eigenvalue weighted by molar-refractivity contribution is 0.0950. The number of aromatic nitrogens is 4. The highest BCUT2D eigenvalue weighted by molar-refractivity contribution is 5.92. The van der Waals surface area contributed by atoms with Crippen molar-refractivity contribution in [3.05, 3.63) is 35.0 Å². The molecule has 25 heavy (non-hydrogen) atoms. The van der Waals surface area contributed by atoms with Gasteiger partial charge in [0.1, 0.15) is 5.82 Å². The maximum atomic E-state index is 11.8. The number of hydrogen-bond donors (Lipinski definition) is 2.